The number of anilines is 1. The van der Waals surface area contributed by atoms with E-state index in [9.17, 15) is 22.8 Å². The number of pyridine rings is 1. The maximum Gasteiger partial charge on any atom is 0.490 e. The van der Waals surface area contributed by atoms with E-state index >= 15 is 0 Å². The van der Waals surface area contributed by atoms with E-state index in [1.807, 2.05) is 17.0 Å². The van der Waals surface area contributed by atoms with Gasteiger partial charge in [0.15, 0.2) is 0 Å². The van der Waals surface area contributed by atoms with Crippen molar-refractivity contribution in [3.05, 3.63) is 59.9 Å². The Hall–Kier alpha value is -3.94. The van der Waals surface area contributed by atoms with Crippen molar-refractivity contribution < 1.29 is 32.7 Å². The summed E-state index contributed by atoms with van der Waals surface area (Å²) in [6.07, 6.45) is -0.592. The molecule has 1 atom stereocenters. The first-order valence-electron chi connectivity index (χ1n) is 9.85. The highest BCUT2D eigenvalue weighted by molar-refractivity contribution is 5.97. The molecule has 0 saturated carbocycles. The number of aliphatic carboxylic acids is 1. The van der Waals surface area contributed by atoms with Crippen LogP contribution in [-0.4, -0.2) is 58.6 Å². The zero-order valence-corrected chi connectivity index (χ0v) is 17.2. The number of nitrogens with zero attached hydrogens (tertiary/aromatic N) is 4. The minimum Gasteiger partial charge on any atom is -0.475 e. The standard InChI is InChI=1S/C20H18N4O2.C2HF3O2/c21-11-15-3-5-17(6-4-15)24-14-20(10-18(24)25)7-9-23(13-20)19(26)16-2-1-8-22-12-16;3-2(4,5)1(6)7/h1-6,8,12H,7,9-10,13-14H2;(H,6,7). The van der Waals surface area contributed by atoms with Gasteiger partial charge < -0.3 is 14.9 Å². The number of carboxylic acid groups (broad SMARTS) is 1. The maximum atomic E-state index is 12.6. The van der Waals surface area contributed by atoms with Crippen LogP contribution in [0.3, 0.4) is 0 Å². The number of carbonyl (C=O) groups is 3. The third-order valence-corrected chi connectivity index (χ3v) is 5.51. The molecule has 2 fully saturated rings. The van der Waals surface area contributed by atoms with Crippen LogP contribution in [0.5, 0.6) is 0 Å². The number of carbonyl (C=O) groups excluding carboxylic acids is 2. The van der Waals surface area contributed by atoms with E-state index in [1.165, 1.54) is 0 Å². The predicted octanol–water partition coefficient (Wildman–Crippen LogP) is 2.86. The van der Waals surface area contributed by atoms with Crippen LogP contribution in [0.25, 0.3) is 0 Å². The highest BCUT2D eigenvalue weighted by Gasteiger charge is 2.48. The van der Waals surface area contributed by atoms with E-state index in [0.717, 1.165) is 12.1 Å². The number of hydrogen-bond acceptors (Lipinski definition) is 5. The number of benzene rings is 1. The summed E-state index contributed by atoms with van der Waals surface area (Å²) in [4.78, 5) is 41.7. The third kappa shape index (κ3) is 5.46. The second-order valence-corrected chi connectivity index (χ2v) is 7.84. The zero-order valence-electron chi connectivity index (χ0n) is 17.2. The molecule has 1 aromatic carbocycles. The van der Waals surface area contributed by atoms with Gasteiger partial charge in [-0.1, -0.05) is 0 Å². The van der Waals surface area contributed by atoms with Gasteiger partial charge in [0.05, 0.1) is 17.2 Å². The summed E-state index contributed by atoms with van der Waals surface area (Å²) < 4.78 is 31.7. The minimum absolute atomic E-state index is 0.0285. The van der Waals surface area contributed by atoms with Crippen molar-refractivity contribution in [1.82, 2.24) is 9.88 Å². The van der Waals surface area contributed by atoms with Crippen LogP contribution < -0.4 is 4.90 Å². The average Bonchev–Trinajstić information content (AvgIpc) is 3.36. The number of nitriles is 1. The van der Waals surface area contributed by atoms with Crippen molar-refractivity contribution in [2.45, 2.75) is 19.0 Å². The summed E-state index contributed by atoms with van der Waals surface area (Å²) in [7, 11) is 0. The van der Waals surface area contributed by atoms with Crippen molar-refractivity contribution in [1.29, 1.82) is 5.26 Å². The van der Waals surface area contributed by atoms with Gasteiger partial charge in [0.2, 0.25) is 5.91 Å². The molecule has 11 heteroatoms. The zero-order chi connectivity index (χ0) is 24.2. The molecule has 0 bridgehead atoms. The van der Waals surface area contributed by atoms with Gasteiger partial charge in [0.25, 0.3) is 5.91 Å². The molecule has 172 valence electrons. The molecule has 0 radical (unpaired) electrons. The quantitative estimate of drug-likeness (QED) is 0.737. The molecule has 1 N–H and O–H groups in total. The number of halogens is 3. The molecule has 4 rings (SSSR count). The van der Waals surface area contributed by atoms with Crippen LogP contribution in [-0.2, 0) is 9.59 Å². The highest BCUT2D eigenvalue weighted by atomic mass is 19.4. The summed E-state index contributed by atoms with van der Waals surface area (Å²) in [6, 6.07) is 12.7. The Balaban J connectivity index is 0.000000383. The van der Waals surface area contributed by atoms with Crippen molar-refractivity contribution in [2.24, 2.45) is 5.41 Å². The minimum atomic E-state index is -5.08. The molecule has 2 aromatic rings. The molecule has 2 aliphatic rings. The van der Waals surface area contributed by atoms with Crippen molar-refractivity contribution >= 4 is 23.5 Å². The van der Waals surface area contributed by atoms with Gasteiger partial charge >= 0.3 is 12.1 Å². The summed E-state index contributed by atoms with van der Waals surface area (Å²) >= 11 is 0. The first kappa shape index (κ1) is 23.7. The molecule has 1 spiro atoms. The van der Waals surface area contributed by atoms with Crippen LogP contribution in [0.4, 0.5) is 18.9 Å². The fourth-order valence-corrected chi connectivity index (χ4v) is 3.90. The van der Waals surface area contributed by atoms with E-state index in [-0.39, 0.29) is 17.2 Å². The number of aromatic nitrogens is 1. The van der Waals surface area contributed by atoms with E-state index < -0.39 is 12.1 Å². The first-order chi connectivity index (χ1) is 15.5. The topological polar surface area (TPSA) is 115 Å². The Bertz CT molecular complexity index is 1080. The fraction of sp³-hybridized carbons (Fsp3) is 0.318. The first-order valence-corrected chi connectivity index (χ1v) is 9.85. The number of carboxylic acids is 1. The van der Waals surface area contributed by atoms with Crippen LogP contribution in [0, 0.1) is 16.7 Å². The lowest BCUT2D eigenvalue weighted by Gasteiger charge is -2.24. The van der Waals surface area contributed by atoms with Crippen LogP contribution in [0.1, 0.15) is 28.8 Å². The molecule has 2 saturated heterocycles. The predicted molar refractivity (Wildman–Crippen MR) is 109 cm³/mol. The van der Waals surface area contributed by atoms with E-state index in [1.54, 1.807) is 41.6 Å². The van der Waals surface area contributed by atoms with Crippen LogP contribution in [0.2, 0.25) is 0 Å². The van der Waals surface area contributed by atoms with E-state index in [2.05, 4.69) is 11.1 Å². The molecule has 8 nitrogen and oxygen atoms in total. The Kier molecular flexibility index (Phi) is 6.67. The van der Waals surface area contributed by atoms with Crippen LogP contribution in [0.15, 0.2) is 48.8 Å². The van der Waals surface area contributed by atoms with Gasteiger partial charge in [-0.25, -0.2) is 4.79 Å². The SMILES string of the molecule is N#Cc1ccc(N2CC3(CCN(C(=O)c4cccnc4)C3)CC2=O)cc1.O=C(O)C(F)(F)F. The van der Waals surface area contributed by atoms with Gasteiger partial charge in [-0.3, -0.25) is 14.6 Å². The normalized spacial score (nSPS) is 19.8. The molecule has 1 unspecified atom stereocenters. The lowest BCUT2D eigenvalue weighted by atomic mass is 9.86. The molecule has 3 heterocycles. The summed E-state index contributed by atoms with van der Waals surface area (Å²) in [5.41, 5.74) is 1.77. The number of alkyl halides is 3. The second-order valence-electron chi connectivity index (χ2n) is 7.84. The third-order valence-electron chi connectivity index (χ3n) is 5.51. The Morgan fingerprint density at radius 3 is 2.36 bits per heavy atom. The number of hydrogen-bond donors (Lipinski definition) is 1. The Morgan fingerprint density at radius 2 is 1.82 bits per heavy atom. The van der Waals surface area contributed by atoms with Gasteiger partial charge in [-0.05, 0) is 42.8 Å². The summed E-state index contributed by atoms with van der Waals surface area (Å²) in [5, 5.41) is 16.0. The molecule has 1 aromatic heterocycles. The Morgan fingerprint density at radius 1 is 1.15 bits per heavy atom. The summed E-state index contributed by atoms with van der Waals surface area (Å²) in [6.45, 7) is 1.84. The van der Waals surface area contributed by atoms with Crippen molar-refractivity contribution in [3.8, 4) is 6.07 Å². The number of rotatable bonds is 2. The average molecular weight is 460 g/mol. The maximum absolute atomic E-state index is 12.6. The summed E-state index contributed by atoms with van der Waals surface area (Å²) in [5.74, 6) is -2.71. The Labute approximate surface area is 186 Å². The van der Waals surface area contributed by atoms with Crippen LogP contribution >= 0.6 is 0 Å². The molecule has 33 heavy (non-hydrogen) atoms. The lowest BCUT2D eigenvalue weighted by Crippen LogP contribution is -2.34. The number of likely N-dealkylation sites (tertiary alicyclic amines) is 1. The van der Waals surface area contributed by atoms with E-state index in [0.29, 0.717) is 37.2 Å². The van der Waals surface area contributed by atoms with Gasteiger partial charge in [-0.2, -0.15) is 18.4 Å². The smallest absolute Gasteiger partial charge is 0.475 e. The molecule has 2 aliphatic heterocycles. The van der Waals surface area contributed by atoms with Gasteiger partial charge in [0, 0.05) is 49.6 Å². The second kappa shape index (κ2) is 9.28. The van der Waals surface area contributed by atoms with E-state index in [4.69, 9.17) is 15.2 Å². The molecular weight excluding hydrogens is 441 g/mol. The highest BCUT2D eigenvalue weighted by Crippen LogP contribution is 2.42. The lowest BCUT2D eigenvalue weighted by molar-refractivity contribution is -0.192. The molecule has 2 amide bonds. The largest absolute Gasteiger partial charge is 0.490 e. The number of amides is 2. The van der Waals surface area contributed by atoms with Crippen molar-refractivity contribution in [2.75, 3.05) is 24.5 Å². The fourth-order valence-electron chi connectivity index (χ4n) is 3.90. The molecular formula is C22H19F3N4O4. The monoisotopic (exact) mass is 460 g/mol. The van der Waals surface area contributed by atoms with Crippen molar-refractivity contribution in [3.63, 3.8) is 0 Å². The van der Waals surface area contributed by atoms with Gasteiger partial charge in [-0.15, -0.1) is 0 Å². The van der Waals surface area contributed by atoms with Gasteiger partial charge in [0.1, 0.15) is 0 Å². The molecule has 0 aliphatic carbocycles.